The third-order valence-electron chi connectivity index (χ3n) is 5.44. The fraction of sp³-hybridized carbons (Fsp3) is 0.115. The van der Waals surface area contributed by atoms with E-state index in [1.165, 1.54) is 19.1 Å². The summed E-state index contributed by atoms with van der Waals surface area (Å²) >= 11 is 6.21. The fourth-order valence-corrected chi connectivity index (χ4v) is 4.67. The Hall–Kier alpha value is -3.99. The molecule has 11 heteroatoms. The van der Waals surface area contributed by atoms with E-state index in [1.54, 1.807) is 48.5 Å². The van der Waals surface area contributed by atoms with Crippen LogP contribution >= 0.6 is 11.6 Å². The SMILES string of the molecule is CCOc1ccc(NC(=O)c2cc3ccccc3c(N=Nc3cc(S(=O)(=O)O)c(C)cc3Cl)c2O)cc1. The van der Waals surface area contributed by atoms with Crippen molar-refractivity contribution in [2.24, 2.45) is 10.2 Å². The predicted octanol–water partition coefficient (Wildman–Crippen LogP) is 6.82. The van der Waals surface area contributed by atoms with Crippen LogP contribution in [0.5, 0.6) is 11.5 Å². The van der Waals surface area contributed by atoms with Crippen LogP contribution in [0, 0.1) is 6.92 Å². The molecule has 9 nitrogen and oxygen atoms in total. The van der Waals surface area contributed by atoms with Crippen molar-refractivity contribution >= 4 is 55.5 Å². The number of hydrogen-bond donors (Lipinski definition) is 3. The topological polar surface area (TPSA) is 138 Å². The summed E-state index contributed by atoms with van der Waals surface area (Å²) in [6, 6.07) is 17.7. The lowest BCUT2D eigenvalue weighted by Crippen LogP contribution is -2.12. The fourth-order valence-electron chi connectivity index (χ4n) is 3.69. The Balaban J connectivity index is 1.75. The number of benzene rings is 4. The summed E-state index contributed by atoms with van der Waals surface area (Å²) in [6.07, 6.45) is 0. The number of phenols is 1. The number of azo groups is 1. The number of ether oxygens (including phenoxy) is 1. The molecule has 0 aliphatic carbocycles. The van der Waals surface area contributed by atoms with Gasteiger partial charge in [-0.05, 0) is 67.3 Å². The molecular formula is C26H22ClN3O6S. The monoisotopic (exact) mass is 539 g/mol. The van der Waals surface area contributed by atoms with Gasteiger partial charge >= 0.3 is 0 Å². The first kappa shape index (κ1) is 26.1. The summed E-state index contributed by atoms with van der Waals surface area (Å²) < 4.78 is 38.3. The number of fused-ring (bicyclic) bond motifs is 1. The van der Waals surface area contributed by atoms with Crippen molar-refractivity contribution in [1.82, 2.24) is 0 Å². The second-order valence-corrected chi connectivity index (χ2v) is 9.80. The number of rotatable bonds is 7. The predicted molar refractivity (Wildman–Crippen MR) is 141 cm³/mol. The molecule has 0 unspecified atom stereocenters. The second-order valence-electron chi connectivity index (χ2n) is 8.00. The molecule has 0 aromatic heterocycles. The van der Waals surface area contributed by atoms with E-state index in [0.717, 1.165) is 6.07 Å². The van der Waals surface area contributed by atoms with Crippen molar-refractivity contribution in [2.75, 3.05) is 11.9 Å². The molecule has 0 saturated heterocycles. The van der Waals surface area contributed by atoms with Crippen molar-refractivity contribution < 1.29 is 27.6 Å². The smallest absolute Gasteiger partial charge is 0.294 e. The van der Waals surface area contributed by atoms with Gasteiger partial charge in [-0.1, -0.05) is 35.9 Å². The van der Waals surface area contributed by atoms with Gasteiger partial charge in [-0.2, -0.15) is 8.42 Å². The standard InChI is InChI=1S/C26H22ClN3O6S/c1-3-36-18-10-8-17(9-11-18)28-26(32)20-13-16-6-4-5-7-19(16)24(25(20)31)30-29-22-14-23(37(33,34)35)15(2)12-21(22)27/h4-14,31H,3H2,1-2H3,(H,28,32)(H,33,34,35). The number of nitrogens with one attached hydrogen (secondary N) is 1. The summed E-state index contributed by atoms with van der Waals surface area (Å²) in [4.78, 5) is 12.7. The average Bonchev–Trinajstić information content (AvgIpc) is 2.84. The molecule has 4 aromatic rings. The zero-order valence-corrected chi connectivity index (χ0v) is 21.3. The molecule has 190 valence electrons. The molecule has 1 amide bonds. The number of hydrogen-bond acceptors (Lipinski definition) is 7. The van der Waals surface area contributed by atoms with E-state index >= 15 is 0 Å². The minimum Gasteiger partial charge on any atom is -0.505 e. The molecule has 37 heavy (non-hydrogen) atoms. The average molecular weight is 540 g/mol. The van der Waals surface area contributed by atoms with Crippen molar-refractivity contribution in [1.29, 1.82) is 0 Å². The van der Waals surface area contributed by atoms with E-state index < -0.39 is 21.8 Å². The van der Waals surface area contributed by atoms with Crippen molar-refractivity contribution in [3.63, 3.8) is 0 Å². The second kappa shape index (κ2) is 10.6. The van der Waals surface area contributed by atoms with Gasteiger partial charge in [0.15, 0.2) is 5.75 Å². The van der Waals surface area contributed by atoms with Crippen LogP contribution < -0.4 is 10.1 Å². The number of carbonyl (C=O) groups excluding carboxylic acids is 1. The quantitative estimate of drug-likeness (QED) is 0.174. The molecule has 0 spiro atoms. The lowest BCUT2D eigenvalue weighted by molar-refractivity contribution is 0.102. The molecule has 4 rings (SSSR count). The van der Waals surface area contributed by atoms with Crippen LogP contribution in [0.25, 0.3) is 10.8 Å². The molecule has 0 fully saturated rings. The lowest BCUT2D eigenvalue weighted by atomic mass is 10.0. The van der Waals surface area contributed by atoms with E-state index in [4.69, 9.17) is 16.3 Å². The summed E-state index contributed by atoms with van der Waals surface area (Å²) in [5.74, 6) is -0.348. The number of aromatic hydroxyl groups is 1. The first-order valence-corrected chi connectivity index (χ1v) is 12.9. The zero-order chi connectivity index (χ0) is 26.7. The van der Waals surface area contributed by atoms with Crippen LogP contribution in [0.2, 0.25) is 5.02 Å². The number of phenolic OH excluding ortho intramolecular Hbond substituents is 1. The van der Waals surface area contributed by atoms with Crippen LogP contribution in [0.3, 0.4) is 0 Å². The Kier molecular flexibility index (Phi) is 7.44. The van der Waals surface area contributed by atoms with Crippen molar-refractivity contribution in [2.45, 2.75) is 18.7 Å². The van der Waals surface area contributed by atoms with E-state index in [9.17, 15) is 22.9 Å². The van der Waals surface area contributed by atoms with Gasteiger partial charge < -0.3 is 15.2 Å². The maximum absolute atomic E-state index is 13.1. The molecule has 0 radical (unpaired) electrons. The first-order valence-electron chi connectivity index (χ1n) is 11.1. The maximum atomic E-state index is 13.1. The van der Waals surface area contributed by atoms with Crippen molar-refractivity contribution in [3.8, 4) is 11.5 Å². The number of carbonyl (C=O) groups is 1. The molecule has 4 aromatic carbocycles. The van der Waals surface area contributed by atoms with Crippen LogP contribution in [-0.4, -0.2) is 30.6 Å². The number of amides is 1. The highest BCUT2D eigenvalue weighted by Gasteiger charge is 2.20. The van der Waals surface area contributed by atoms with Gasteiger partial charge in [0, 0.05) is 11.1 Å². The van der Waals surface area contributed by atoms with Gasteiger partial charge in [0.25, 0.3) is 16.0 Å². The van der Waals surface area contributed by atoms with Gasteiger partial charge in [-0.15, -0.1) is 10.2 Å². The summed E-state index contributed by atoms with van der Waals surface area (Å²) in [7, 11) is -4.52. The zero-order valence-electron chi connectivity index (χ0n) is 19.8. The molecule has 0 heterocycles. The highest BCUT2D eigenvalue weighted by atomic mass is 35.5. The van der Waals surface area contributed by atoms with Crippen molar-refractivity contribution in [3.05, 3.63) is 82.9 Å². The van der Waals surface area contributed by atoms with Crippen LogP contribution in [0.15, 0.2) is 81.9 Å². The molecule has 0 atom stereocenters. The van der Waals surface area contributed by atoms with Gasteiger partial charge in [0.2, 0.25) is 0 Å². The molecular weight excluding hydrogens is 518 g/mol. The first-order chi connectivity index (χ1) is 17.6. The van der Waals surface area contributed by atoms with Gasteiger partial charge in [0.05, 0.1) is 22.1 Å². The molecule has 0 saturated carbocycles. The largest absolute Gasteiger partial charge is 0.505 e. The third kappa shape index (κ3) is 5.72. The van der Waals surface area contributed by atoms with E-state index in [0.29, 0.717) is 28.8 Å². The molecule has 0 aliphatic heterocycles. The van der Waals surface area contributed by atoms with Crippen LogP contribution in [-0.2, 0) is 10.1 Å². The van der Waals surface area contributed by atoms with E-state index in [2.05, 4.69) is 15.5 Å². The Bertz CT molecular complexity index is 1640. The highest BCUT2D eigenvalue weighted by molar-refractivity contribution is 7.85. The van der Waals surface area contributed by atoms with Crippen LogP contribution in [0.1, 0.15) is 22.8 Å². The van der Waals surface area contributed by atoms with Gasteiger partial charge in [0.1, 0.15) is 17.1 Å². The van der Waals surface area contributed by atoms with E-state index in [1.807, 2.05) is 6.92 Å². The Morgan fingerprint density at radius 1 is 1.05 bits per heavy atom. The lowest BCUT2D eigenvalue weighted by Gasteiger charge is -2.12. The van der Waals surface area contributed by atoms with Crippen LogP contribution in [0.4, 0.5) is 17.1 Å². The number of aryl methyl sites for hydroxylation is 1. The Labute approximate surface area is 218 Å². The van der Waals surface area contributed by atoms with Gasteiger partial charge in [-0.25, -0.2) is 0 Å². The third-order valence-corrected chi connectivity index (χ3v) is 6.74. The maximum Gasteiger partial charge on any atom is 0.294 e. The van der Waals surface area contributed by atoms with E-state index in [-0.39, 0.29) is 32.4 Å². The number of nitrogens with zero attached hydrogens (tertiary/aromatic N) is 2. The van der Waals surface area contributed by atoms with Gasteiger partial charge in [-0.3, -0.25) is 9.35 Å². The molecule has 0 bridgehead atoms. The summed E-state index contributed by atoms with van der Waals surface area (Å²) in [6.45, 7) is 3.86. The summed E-state index contributed by atoms with van der Waals surface area (Å²) in [5, 5.41) is 23.1. The number of halogens is 1. The number of anilines is 1. The highest BCUT2D eigenvalue weighted by Crippen LogP contribution is 2.40. The normalized spacial score (nSPS) is 11.7. The molecule has 3 N–H and O–H groups in total. The summed E-state index contributed by atoms with van der Waals surface area (Å²) in [5.41, 5.74) is 0.615. The minimum absolute atomic E-state index is 0.0139. The Morgan fingerprint density at radius 2 is 1.76 bits per heavy atom. The Morgan fingerprint density at radius 3 is 2.43 bits per heavy atom. The minimum atomic E-state index is -4.52. The molecule has 0 aliphatic rings.